The fourth-order valence-corrected chi connectivity index (χ4v) is 11.1. The smallest absolute Gasteiger partial charge is 0.462 e. The van der Waals surface area contributed by atoms with Gasteiger partial charge in [-0.3, -0.25) is 37.3 Å². The zero-order valence-electron chi connectivity index (χ0n) is 53.5. The Kier molecular flexibility index (Phi) is 55.2. The van der Waals surface area contributed by atoms with E-state index in [1.165, 1.54) is 128 Å². The van der Waals surface area contributed by atoms with Crippen molar-refractivity contribution in [3.8, 4) is 0 Å². The molecule has 0 saturated heterocycles. The number of phosphoric acid groups is 2. The van der Waals surface area contributed by atoms with Crippen molar-refractivity contribution in [1.82, 2.24) is 0 Å². The minimum Gasteiger partial charge on any atom is -0.462 e. The van der Waals surface area contributed by atoms with Crippen LogP contribution in [0.5, 0.6) is 0 Å². The molecule has 0 aromatic rings. The Balaban J connectivity index is 5.18. The molecular formula is C64H124O17P2. The van der Waals surface area contributed by atoms with Crippen LogP contribution in [0, 0.1) is 11.8 Å². The molecule has 492 valence electrons. The first kappa shape index (κ1) is 81.1. The molecular weight excluding hydrogens is 1100 g/mol. The number of hydrogen-bond acceptors (Lipinski definition) is 15. The third-order valence-electron chi connectivity index (χ3n) is 14.7. The largest absolute Gasteiger partial charge is 0.472 e. The maximum absolute atomic E-state index is 13.0. The highest BCUT2D eigenvalue weighted by Crippen LogP contribution is 2.45. The Labute approximate surface area is 505 Å². The van der Waals surface area contributed by atoms with Gasteiger partial charge in [0.25, 0.3) is 0 Å². The summed E-state index contributed by atoms with van der Waals surface area (Å²) in [6, 6.07) is 0. The van der Waals surface area contributed by atoms with E-state index in [9.17, 15) is 43.2 Å². The zero-order chi connectivity index (χ0) is 61.5. The summed E-state index contributed by atoms with van der Waals surface area (Å²) in [4.78, 5) is 72.0. The molecule has 0 aromatic heterocycles. The maximum atomic E-state index is 13.0. The molecule has 0 saturated carbocycles. The van der Waals surface area contributed by atoms with Crippen LogP contribution in [0.2, 0.25) is 0 Å². The second kappa shape index (κ2) is 56.6. The molecule has 83 heavy (non-hydrogen) atoms. The molecule has 0 aliphatic rings. The van der Waals surface area contributed by atoms with E-state index in [1.54, 1.807) is 0 Å². The first-order valence-corrected chi connectivity index (χ1v) is 36.5. The Morgan fingerprint density at radius 1 is 0.325 bits per heavy atom. The third kappa shape index (κ3) is 58.8. The van der Waals surface area contributed by atoms with Crippen LogP contribution in [-0.2, 0) is 65.4 Å². The highest BCUT2D eigenvalue weighted by atomic mass is 31.2. The van der Waals surface area contributed by atoms with Crippen molar-refractivity contribution < 1.29 is 80.2 Å². The average Bonchev–Trinajstić information content (AvgIpc) is 3.44. The fourth-order valence-electron chi connectivity index (χ4n) is 9.53. The first-order chi connectivity index (χ1) is 39.9. The standard InChI is InChI=1S/C64H124O17P2/c1-7-9-11-13-14-15-16-17-20-23-29-35-41-47-62(67)75-53-60(81-63(68)48-42-36-30-24-21-18-19-22-27-33-38-44-56(3)4)55-79-83(72,73)77-51-58(65)50-76-82(70,71)78-54-59(52-74-61(66)46-40-32-12-10-8-2)80-64(69)49-43-37-31-26-25-28-34-39-45-57(5)6/h56-60,65H,7-55H2,1-6H3,(H,70,71)(H,72,73)/t58-,59+,60+/m0/s1. The van der Waals surface area contributed by atoms with Gasteiger partial charge in [-0.1, -0.05) is 266 Å². The van der Waals surface area contributed by atoms with E-state index in [0.29, 0.717) is 25.7 Å². The Morgan fingerprint density at radius 3 is 0.819 bits per heavy atom. The molecule has 0 heterocycles. The highest BCUT2D eigenvalue weighted by molar-refractivity contribution is 7.47. The molecule has 0 spiro atoms. The van der Waals surface area contributed by atoms with Gasteiger partial charge in [0.1, 0.15) is 19.3 Å². The topological polar surface area (TPSA) is 237 Å². The van der Waals surface area contributed by atoms with Crippen molar-refractivity contribution in [2.75, 3.05) is 39.6 Å². The number of aliphatic hydroxyl groups excluding tert-OH is 1. The first-order valence-electron chi connectivity index (χ1n) is 33.5. The lowest BCUT2D eigenvalue weighted by molar-refractivity contribution is -0.161. The summed E-state index contributed by atoms with van der Waals surface area (Å²) < 4.78 is 67.8. The predicted molar refractivity (Wildman–Crippen MR) is 331 cm³/mol. The molecule has 0 radical (unpaired) electrons. The molecule has 0 bridgehead atoms. The van der Waals surface area contributed by atoms with Crippen LogP contribution in [0.25, 0.3) is 0 Å². The number of ether oxygens (including phenoxy) is 4. The average molecular weight is 1230 g/mol. The van der Waals surface area contributed by atoms with Crippen molar-refractivity contribution >= 4 is 39.5 Å². The van der Waals surface area contributed by atoms with Gasteiger partial charge >= 0.3 is 39.5 Å². The quantitative estimate of drug-likeness (QED) is 0.0222. The molecule has 0 aromatic carbocycles. The van der Waals surface area contributed by atoms with Crippen LogP contribution in [0.4, 0.5) is 0 Å². The number of rotatable bonds is 63. The van der Waals surface area contributed by atoms with E-state index in [0.717, 1.165) is 108 Å². The summed E-state index contributed by atoms with van der Waals surface area (Å²) >= 11 is 0. The summed E-state index contributed by atoms with van der Waals surface area (Å²) in [6.45, 7) is 9.37. The van der Waals surface area contributed by atoms with Crippen LogP contribution in [0.1, 0.15) is 318 Å². The Hall–Kier alpha value is -1.94. The second-order valence-corrected chi connectivity index (χ2v) is 27.0. The van der Waals surface area contributed by atoms with E-state index in [2.05, 4.69) is 41.5 Å². The Morgan fingerprint density at radius 2 is 0.554 bits per heavy atom. The van der Waals surface area contributed by atoms with Gasteiger partial charge < -0.3 is 33.8 Å². The predicted octanol–water partition coefficient (Wildman–Crippen LogP) is 17.7. The van der Waals surface area contributed by atoms with E-state index in [-0.39, 0.29) is 25.7 Å². The summed E-state index contributed by atoms with van der Waals surface area (Å²) in [6.07, 6.45) is 39.3. The van der Waals surface area contributed by atoms with Crippen LogP contribution in [0.3, 0.4) is 0 Å². The van der Waals surface area contributed by atoms with Gasteiger partial charge in [-0.2, -0.15) is 0 Å². The van der Waals surface area contributed by atoms with Gasteiger partial charge in [0.05, 0.1) is 26.4 Å². The molecule has 0 aliphatic heterocycles. The number of hydrogen-bond donors (Lipinski definition) is 3. The van der Waals surface area contributed by atoms with Gasteiger partial charge in [-0.15, -0.1) is 0 Å². The van der Waals surface area contributed by atoms with E-state index in [4.69, 9.17) is 37.0 Å². The van der Waals surface area contributed by atoms with Crippen molar-refractivity contribution in [3.05, 3.63) is 0 Å². The van der Waals surface area contributed by atoms with Crippen molar-refractivity contribution in [1.29, 1.82) is 0 Å². The van der Waals surface area contributed by atoms with Crippen LogP contribution in [-0.4, -0.2) is 96.7 Å². The minimum atomic E-state index is -4.94. The number of esters is 4. The van der Waals surface area contributed by atoms with Gasteiger partial charge in [0.2, 0.25) is 0 Å². The SMILES string of the molecule is CCCCCCCCCCCCCCCC(=O)OC[C@H](COP(=O)(O)OC[C@@H](O)COP(=O)(O)OC[C@@H](COC(=O)CCCCCCC)OC(=O)CCCCCCCCCCC(C)C)OC(=O)CCCCCCCCCCCCCC(C)C. The fraction of sp³-hybridized carbons (Fsp3) is 0.938. The molecule has 3 N–H and O–H groups in total. The number of unbranched alkanes of at least 4 members (excludes halogenated alkanes) is 33. The summed E-state index contributed by atoms with van der Waals surface area (Å²) in [5, 5.41) is 10.5. The van der Waals surface area contributed by atoms with Gasteiger partial charge in [-0.25, -0.2) is 9.13 Å². The number of phosphoric ester groups is 2. The van der Waals surface area contributed by atoms with E-state index in [1.807, 2.05) is 0 Å². The maximum Gasteiger partial charge on any atom is 0.472 e. The van der Waals surface area contributed by atoms with Gasteiger partial charge in [0.15, 0.2) is 12.2 Å². The highest BCUT2D eigenvalue weighted by Gasteiger charge is 2.30. The summed E-state index contributed by atoms with van der Waals surface area (Å²) in [5.41, 5.74) is 0. The van der Waals surface area contributed by atoms with Crippen molar-refractivity contribution in [3.63, 3.8) is 0 Å². The Bertz CT molecular complexity index is 1630. The second-order valence-electron chi connectivity index (χ2n) is 24.1. The number of carbonyl (C=O) groups excluding carboxylic acids is 4. The third-order valence-corrected chi connectivity index (χ3v) is 16.6. The van der Waals surface area contributed by atoms with Gasteiger partial charge in [0, 0.05) is 25.7 Å². The minimum absolute atomic E-state index is 0.103. The van der Waals surface area contributed by atoms with E-state index < -0.39 is 97.5 Å². The molecule has 17 nitrogen and oxygen atoms in total. The number of carbonyl (C=O) groups is 4. The molecule has 19 heteroatoms. The summed E-state index contributed by atoms with van der Waals surface area (Å²) in [5.74, 6) is -0.660. The van der Waals surface area contributed by atoms with Crippen LogP contribution in [0.15, 0.2) is 0 Å². The summed E-state index contributed by atoms with van der Waals surface area (Å²) in [7, 11) is -9.88. The molecule has 2 unspecified atom stereocenters. The lowest BCUT2D eigenvalue weighted by Crippen LogP contribution is -2.30. The lowest BCUT2D eigenvalue weighted by Gasteiger charge is -2.21. The van der Waals surface area contributed by atoms with Crippen LogP contribution < -0.4 is 0 Å². The molecule has 5 atom stereocenters. The van der Waals surface area contributed by atoms with Crippen LogP contribution >= 0.6 is 15.6 Å². The van der Waals surface area contributed by atoms with E-state index >= 15 is 0 Å². The van der Waals surface area contributed by atoms with Crippen molar-refractivity contribution in [2.24, 2.45) is 11.8 Å². The number of aliphatic hydroxyl groups is 1. The molecule has 0 fully saturated rings. The van der Waals surface area contributed by atoms with Gasteiger partial charge in [-0.05, 0) is 37.5 Å². The lowest BCUT2D eigenvalue weighted by atomic mass is 10.0. The van der Waals surface area contributed by atoms with Crippen molar-refractivity contribution in [2.45, 2.75) is 336 Å². The zero-order valence-corrected chi connectivity index (χ0v) is 55.3. The normalized spacial score (nSPS) is 14.3. The molecule has 0 aliphatic carbocycles. The molecule has 0 amide bonds. The monoisotopic (exact) mass is 1230 g/mol. The molecule has 0 rings (SSSR count).